The molecule has 0 saturated carbocycles. The van der Waals surface area contributed by atoms with E-state index in [1.807, 2.05) is 0 Å². The molecule has 0 atom stereocenters. The minimum Gasteiger partial charge on any atom is -0.441 e. The Morgan fingerprint density at radius 1 is 1.38 bits per heavy atom. The van der Waals surface area contributed by atoms with Gasteiger partial charge in [-0.1, -0.05) is 11.6 Å². The summed E-state index contributed by atoms with van der Waals surface area (Å²) in [7, 11) is 0. The molecule has 0 aliphatic rings. The molecule has 3 aromatic rings. The second-order valence-corrected chi connectivity index (χ2v) is 5.64. The maximum atomic E-state index is 12.2. The SMILES string of the molecule is Cc1nc2cc(NC(=O)c3cc(Br)cnc3Cl)ccc2o1. The molecule has 0 fully saturated rings. The van der Waals surface area contributed by atoms with E-state index in [0.29, 0.717) is 32.7 Å². The lowest BCUT2D eigenvalue weighted by atomic mass is 10.2. The Kier molecular flexibility index (Phi) is 3.65. The van der Waals surface area contributed by atoms with E-state index in [1.165, 1.54) is 6.20 Å². The average Bonchev–Trinajstić information content (AvgIpc) is 2.80. The molecule has 0 radical (unpaired) electrons. The summed E-state index contributed by atoms with van der Waals surface area (Å²) in [6.45, 7) is 1.77. The number of amides is 1. The second kappa shape index (κ2) is 5.46. The smallest absolute Gasteiger partial charge is 0.258 e. The van der Waals surface area contributed by atoms with Crippen LogP contribution in [-0.2, 0) is 0 Å². The monoisotopic (exact) mass is 365 g/mol. The quantitative estimate of drug-likeness (QED) is 0.690. The van der Waals surface area contributed by atoms with E-state index in [0.717, 1.165) is 0 Å². The molecule has 21 heavy (non-hydrogen) atoms. The minimum absolute atomic E-state index is 0.147. The summed E-state index contributed by atoms with van der Waals surface area (Å²) in [4.78, 5) is 20.4. The highest BCUT2D eigenvalue weighted by atomic mass is 79.9. The van der Waals surface area contributed by atoms with Crippen LogP contribution in [0.2, 0.25) is 5.15 Å². The molecule has 3 rings (SSSR count). The van der Waals surface area contributed by atoms with Crippen molar-refractivity contribution in [2.24, 2.45) is 0 Å². The normalized spacial score (nSPS) is 10.8. The highest BCUT2D eigenvalue weighted by molar-refractivity contribution is 9.10. The molecule has 0 bridgehead atoms. The first-order chi connectivity index (χ1) is 10.0. The van der Waals surface area contributed by atoms with Crippen LogP contribution in [0.4, 0.5) is 5.69 Å². The lowest BCUT2D eigenvalue weighted by Gasteiger charge is -2.06. The fourth-order valence-corrected chi connectivity index (χ4v) is 2.42. The third-order valence-corrected chi connectivity index (χ3v) is 3.54. The topological polar surface area (TPSA) is 68.0 Å². The van der Waals surface area contributed by atoms with Crippen LogP contribution in [0.3, 0.4) is 0 Å². The fraction of sp³-hybridized carbons (Fsp3) is 0.0714. The number of aromatic nitrogens is 2. The number of benzene rings is 1. The van der Waals surface area contributed by atoms with Gasteiger partial charge < -0.3 is 9.73 Å². The highest BCUT2D eigenvalue weighted by Crippen LogP contribution is 2.22. The van der Waals surface area contributed by atoms with Crippen molar-refractivity contribution in [2.45, 2.75) is 6.92 Å². The molecule has 1 amide bonds. The number of pyridine rings is 1. The van der Waals surface area contributed by atoms with E-state index in [-0.39, 0.29) is 11.1 Å². The molecule has 0 aliphatic carbocycles. The number of rotatable bonds is 2. The van der Waals surface area contributed by atoms with Crippen LogP contribution in [0.25, 0.3) is 11.1 Å². The molecule has 1 N–H and O–H groups in total. The van der Waals surface area contributed by atoms with Crippen molar-refractivity contribution in [3.05, 3.63) is 51.5 Å². The van der Waals surface area contributed by atoms with Crippen LogP contribution in [0.5, 0.6) is 0 Å². The van der Waals surface area contributed by atoms with Crippen molar-refractivity contribution >= 4 is 50.2 Å². The zero-order valence-electron chi connectivity index (χ0n) is 10.9. The number of nitrogens with zero attached hydrogens (tertiary/aromatic N) is 2. The second-order valence-electron chi connectivity index (χ2n) is 4.36. The number of nitrogens with one attached hydrogen (secondary N) is 1. The Hall–Kier alpha value is -1.92. The van der Waals surface area contributed by atoms with Crippen LogP contribution < -0.4 is 5.32 Å². The zero-order valence-corrected chi connectivity index (χ0v) is 13.2. The summed E-state index contributed by atoms with van der Waals surface area (Å²) < 4.78 is 6.07. The van der Waals surface area contributed by atoms with Gasteiger partial charge in [-0.2, -0.15) is 0 Å². The molecule has 1 aromatic carbocycles. The van der Waals surface area contributed by atoms with Crippen molar-refractivity contribution in [1.82, 2.24) is 9.97 Å². The fourth-order valence-electron chi connectivity index (χ4n) is 1.90. The standard InChI is InChI=1S/C14H9BrClN3O2/c1-7-18-11-5-9(2-3-12(11)21-7)19-14(20)10-4-8(15)6-17-13(10)16/h2-6H,1H3,(H,19,20). The summed E-state index contributed by atoms with van der Waals surface area (Å²) in [5.41, 5.74) is 2.26. The van der Waals surface area contributed by atoms with E-state index in [9.17, 15) is 4.79 Å². The first kappa shape index (κ1) is 14.0. The molecule has 0 saturated heterocycles. The van der Waals surface area contributed by atoms with Gasteiger partial charge in [-0.05, 0) is 40.2 Å². The first-order valence-corrected chi connectivity index (χ1v) is 7.19. The zero-order chi connectivity index (χ0) is 15.0. The van der Waals surface area contributed by atoms with Gasteiger partial charge in [-0.15, -0.1) is 0 Å². The summed E-state index contributed by atoms with van der Waals surface area (Å²) in [6.07, 6.45) is 1.53. The summed E-state index contributed by atoms with van der Waals surface area (Å²) in [5, 5.41) is 2.91. The van der Waals surface area contributed by atoms with Crippen molar-refractivity contribution in [2.75, 3.05) is 5.32 Å². The lowest BCUT2D eigenvalue weighted by Crippen LogP contribution is -2.13. The molecule has 0 spiro atoms. The summed E-state index contributed by atoms with van der Waals surface area (Å²) >= 11 is 9.20. The molecule has 2 aromatic heterocycles. The Labute approximate surface area is 133 Å². The van der Waals surface area contributed by atoms with Gasteiger partial charge >= 0.3 is 0 Å². The minimum atomic E-state index is -0.339. The lowest BCUT2D eigenvalue weighted by molar-refractivity contribution is 0.102. The van der Waals surface area contributed by atoms with Gasteiger partial charge in [-0.25, -0.2) is 9.97 Å². The van der Waals surface area contributed by atoms with E-state index in [2.05, 4.69) is 31.2 Å². The van der Waals surface area contributed by atoms with Crippen molar-refractivity contribution in [1.29, 1.82) is 0 Å². The number of halogens is 2. The maximum Gasteiger partial charge on any atom is 0.258 e. The third-order valence-electron chi connectivity index (χ3n) is 2.80. The Morgan fingerprint density at radius 2 is 2.19 bits per heavy atom. The predicted molar refractivity (Wildman–Crippen MR) is 83.6 cm³/mol. The highest BCUT2D eigenvalue weighted by Gasteiger charge is 2.13. The van der Waals surface area contributed by atoms with Crippen molar-refractivity contribution in [3.8, 4) is 0 Å². The molecule has 7 heteroatoms. The third kappa shape index (κ3) is 2.91. The van der Waals surface area contributed by atoms with Crippen molar-refractivity contribution in [3.63, 3.8) is 0 Å². The first-order valence-electron chi connectivity index (χ1n) is 6.02. The molecule has 106 valence electrons. The number of carbonyl (C=O) groups excluding carboxylic acids is 1. The van der Waals surface area contributed by atoms with E-state index >= 15 is 0 Å². The van der Waals surface area contributed by atoms with Crippen LogP contribution in [-0.4, -0.2) is 15.9 Å². The van der Waals surface area contributed by atoms with E-state index in [4.69, 9.17) is 16.0 Å². The van der Waals surface area contributed by atoms with Gasteiger partial charge in [0.1, 0.15) is 10.7 Å². The maximum absolute atomic E-state index is 12.2. The summed E-state index contributed by atoms with van der Waals surface area (Å²) in [5.74, 6) is 0.237. The molecule has 5 nitrogen and oxygen atoms in total. The van der Waals surface area contributed by atoms with Gasteiger partial charge in [0.15, 0.2) is 11.5 Å². The Morgan fingerprint density at radius 3 is 3.00 bits per heavy atom. The Balaban J connectivity index is 1.90. The van der Waals surface area contributed by atoms with Crippen LogP contribution in [0.15, 0.2) is 39.4 Å². The average molecular weight is 367 g/mol. The van der Waals surface area contributed by atoms with Crippen LogP contribution in [0.1, 0.15) is 16.2 Å². The van der Waals surface area contributed by atoms with Gasteiger partial charge in [0, 0.05) is 23.3 Å². The molecular weight excluding hydrogens is 358 g/mol. The van der Waals surface area contributed by atoms with Gasteiger partial charge in [-0.3, -0.25) is 4.79 Å². The molecular formula is C14H9BrClN3O2. The molecule has 2 heterocycles. The number of oxazole rings is 1. The number of aryl methyl sites for hydroxylation is 1. The predicted octanol–water partition coefficient (Wildman–Crippen LogP) is 4.20. The summed E-state index contributed by atoms with van der Waals surface area (Å²) in [6, 6.07) is 6.85. The van der Waals surface area contributed by atoms with Gasteiger partial charge in [0.05, 0.1) is 5.56 Å². The van der Waals surface area contributed by atoms with E-state index < -0.39 is 0 Å². The number of hydrogen-bond acceptors (Lipinski definition) is 4. The number of anilines is 1. The van der Waals surface area contributed by atoms with Crippen LogP contribution >= 0.6 is 27.5 Å². The molecule has 0 unspecified atom stereocenters. The number of fused-ring (bicyclic) bond motifs is 1. The van der Waals surface area contributed by atoms with Crippen molar-refractivity contribution < 1.29 is 9.21 Å². The number of hydrogen-bond donors (Lipinski definition) is 1. The Bertz CT molecular complexity index is 847. The van der Waals surface area contributed by atoms with Crippen LogP contribution in [0, 0.1) is 6.92 Å². The number of carbonyl (C=O) groups is 1. The molecule has 0 aliphatic heterocycles. The van der Waals surface area contributed by atoms with Gasteiger partial charge in [0.2, 0.25) is 0 Å². The van der Waals surface area contributed by atoms with Gasteiger partial charge in [0.25, 0.3) is 5.91 Å². The largest absolute Gasteiger partial charge is 0.441 e. The van der Waals surface area contributed by atoms with E-state index in [1.54, 1.807) is 31.2 Å².